The Balaban J connectivity index is 1.45. The molecule has 0 saturated carbocycles. The van der Waals surface area contributed by atoms with Crippen LogP contribution >= 0.6 is 11.8 Å². The summed E-state index contributed by atoms with van der Waals surface area (Å²) in [7, 11) is 1.56. The molecule has 0 radical (unpaired) electrons. The maximum atomic E-state index is 13.3. The predicted octanol–water partition coefficient (Wildman–Crippen LogP) is 3.88. The Hall–Kier alpha value is -3.59. The highest BCUT2D eigenvalue weighted by Gasteiger charge is 2.29. The fraction of sp³-hybridized carbons (Fsp3) is 0.250. The molecule has 1 aliphatic heterocycles. The number of ether oxygens (including phenoxy) is 1. The number of rotatable bonds is 5. The minimum absolute atomic E-state index is 0.163. The number of hydrogen-bond acceptors (Lipinski definition) is 6. The zero-order valence-corrected chi connectivity index (χ0v) is 19.3. The van der Waals surface area contributed by atoms with Gasteiger partial charge in [0.15, 0.2) is 10.8 Å². The average Bonchev–Trinajstić information content (AvgIpc) is 3.41. The van der Waals surface area contributed by atoms with Crippen LogP contribution < -0.4 is 15.6 Å². The minimum atomic E-state index is -0.283. The first-order chi connectivity index (χ1) is 16.0. The van der Waals surface area contributed by atoms with Crippen molar-refractivity contribution in [1.82, 2.24) is 19.3 Å². The molecule has 1 N–H and O–H groups in total. The number of fused-ring (bicyclic) bond motifs is 2. The molecule has 3 heterocycles. The van der Waals surface area contributed by atoms with Gasteiger partial charge < -0.3 is 10.1 Å². The Morgan fingerprint density at radius 1 is 1.21 bits per heavy atom. The number of carbonyl (C=O) groups excluding carboxylic acids is 1. The molecule has 0 fully saturated rings. The van der Waals surface area contributed by atoms with Crippen LogP contribution in [0.2, 0.25) is 0 Å². The van der Waals surface area contributed by atoms with Gasteiger partial charge in [0, 0.05) is 12.2 Å². The molecule has 0 spiro atoms. The third-order valence-corrected chi connectivity index (χ3v) is 7.01. The molecule has 2 aromatic carbocycles. The van der Waals surface area contributed by atoms with Gasteiger partial charge >= 0.3 is 0 Å². The summed E-state index contributed by atoms with van der Waals surface area (Å²) < 4.78 is 8.63. The van der Waals surface area contributed by atoms with Crippen LogP contribution in [0.25, 0.3) is 16.7 Å². The number of amides is 1. The van der Waals surface area contributed by atoms with Gasteiger partial charge in [0.25, 0.3) is 5.56 Å². The number of aromatic nitrogens is 4. The van der Waals surface area contributed by atoms with E-state index in [1.807, 2.05) is 37.3 Å². The van der Waals surface area contributed by atoms with Gasteiger partial charge in [-0.2, -0.15) is 5.10 Å². The van der Waals surface area contributed by atoms with Crippen molar-refractivity contribution in [3.05, 3.63) is 70.1 Å². The number of para-hydroxylation sites is 2. The summed E-state index contributed by atoms with van der Waals surface area (Å²) in [6.45, 7) is 4.10. The standard InChI is InChI=1S/C24H23N5O3S/c1-14-8-9-16(10-15(14)2)29-22-18(12-25-29)23(31)28-17(13-33-24(28)27-22)11-21(30)26-19-6-4-5-7-20(19)32-3/h4-10,12,17H,11,13H2,1-3H3,(H,26,30). The van der Waals surface area contributed by atoms with Gasteiger partial charge in [0.2, 0.25) is 5.91 Å². The second-order valence-electron chi connectivity index (χ2n) is 8.05. The van der Waals surface area contributed by atoms with E-state index in [1.54, 1.807) is 34.7 Å². The van der Waals surface area contributed by atoms with E-state index in [-0.39, 0.29) is 23.9 Å². The molecular formula is C24H23N5O3S. The maximum Gasteiger partial charge on any atom is 0.265 e. The summed E-state index contributed by atoms with van der Waals surface area (Å²) in [4.78, 5) is 30.8. The second-order valence-corrected chi connectivity index (χ2v) is 9.04. The molecule has 9 heteroatoms. The number of nitrogens with zero attached hydrogens (tertiary/aromatic N) is 4. The molecule has 2 aromatic heterocycles. The van der Waals surface area contributed by atoms with E-state index >= 15 is 0 Å². The van der Waals surface area contributed by atoms with Gasteiger partial charge in [0.1, 0.15) is 11.1 Å². The van der Waals surface area contributed by atoms with Crippen LogP contribution in [-0.4, -0.2) is 38.1 Å². The van der Waals surface area contributed by atoms with E-state index in [0.29, 0.717) is 33.4 Å². The number of hydrogen-bond donors (Lipinski definition) is 1. The zero-order valence-electron chi connectivity index (χ0n) is 18.5. The lowest BCUT2D eigenvalue weighted by molar-refractivity contribution is -0.116. The van der Waals surface area contributed by atoms with Gasteiger partial charge in [-0.25, -0.2) is 9.67 Å². The third-order valence-electron chi connectivity index (χ3n) is 5.91. The number of benzene rings is 2. The number of methoxy groups -OCH3 is 1. The smallest absolute Gasteiger partial charge is 0.265 e. The van der Waals surface area contributed by atoms with Crippen molar-refractivity contribution in [2.75, 3.05) is 18.2 Å². The molecule has 0 saturated heterocycles. The van der Waals surface area contributed by atoms with Gasteiger partial charge in [-0.05, 0) is 49.2 Å². The SMILES string of the molecule is COc1ccccc1NC(=O)CC1CSc2nc3c(cnn3-c3ccc(C)c(C)c3)c(=O)n21. The maximum absolute atomic E-state index is 13.3. The first-order valence-electron chi connectivity index (χ1n) is 10.6. The fourth-order valence-corrected chi connectivity index (χ4v) is 5.12. The third kappa shape index (κ3) is 3.78. The molecule has 4 aromatic rings. The first-order valence-corrected chi connectivity index (χ1v) is 11.6. The number of thioether (sulfide) groups is 1. The molecule has 33 heavy (non-hydrogen) atoms. The molecular weight excluding hydrogens is 438 g/mol. The number of nitrogens with one attached hydrogen (secondary N) is 1. The van der Waals surface area contributed by atoms with Crippen molar-refractivity contribution in [1.29, 1.82) is 0 Å². The largest absolute Gasteiger partial charge is 0.495 e. The summed E-state index contributed by atoms with van der Waals surface area (Å²) in [5.74, 6) is 1.01. The number of aryl methyl sites for hydroxylation is 2. The summed E-state index contributed by atoms with van der Waals surface area (Å²) in [5, 5.41) is 8.37. The topological polar surface area (TPSA) is 91.0 Å². The summed E-state index contributed by atoms with van der Waals surface area (Å²) >= 11 is 1.48. The van der Waals surface area contributed by atoms with Crippen LogP contribution in [0.1, 0.15) is 23.6 Å². The summed E-state index contributed by atoms with van der Waals surface area (Å²) in [6.07, 6.45) is 1.72. The van der Waals surface area contributed by atoms with E-state index in [2.05, 4.69) is 17.3 Å². The van der Waals surface area contributed by atoms with Crippen molar-refractivity contribution < 1.29 is 9.53 Å². The normalized spacial score (nSPS) is 14.9. The van der Waals surface area contributed by atoms with E-state index in [4.69, 9.17) is 9.72 Å². The molecule has 8 nitrogen and oxygen atoms in total. The van der Waals surface area contributed by atoms with Crippen molar-refractivity contribution >= 4 is 34.4 Å². The van der Waals surface area contributed by atoms with E-state index in [0.717, 1.165) is 11.3 Å². The van der Waals surface area contributed by atoms with Gasteiger partial charge in [-0.15, -0.1) is 0 Å². The number of anilines is 1. The Morgan fingerprint density at radius 3 is 2.82 bits per heavy atom. The molecule has 1 unspecified atom stereocenters. The Morgan fingerprint density at radius 2 is 2.03 bits per heavy atom. The summed E-state index contributed by atoms with van der Waals surface area (Å²) in [6, 6.07) is 13.0. The van der Waals surface area contributed by atoms with E-state index < -0.39 is 0 Å². The molecule has 168 valence electrons. The van der Waals surface area contributed by atoms with Crippen LogP contribution in [0.15, 0.2) is 58.6 Å². The fourth-order valence-electron chi connectivity index (χ4n) is 3.99. The van der Waals surface area contributed by atoms with Crippen molar-refractivity contribution in [2.45, 2.75) is 31.5 Å². The lowest BCUT2D eigenvalue weighted by atomic mass is 10.1. The van der Waals surface area contributed by atoms with Crippen molar-refractivity contribution in [3.8, 4) is 11.4 Å². The van der Waals surface area contributed by atoms with Crippen LogP contribution in [0, 0.1) is 13.8 Å². The summed E-state index contributed by atoms with van der Waals surface area (Å²) in [5.41, 5.74) is 4.15. The van der Waals surface area contributed by atoms with Gasteiger partial charge in [0.05, 0.1) is 30.7 Å². The molecule has 5 rings (SSSR count). The lowest BCUT2D eigenvalue weighted by Crippen LogP contribution is -2.27. The number of carbonyl (C=O) groups is 1. The van der Waals surface area contributed by atoms with Crippen molar-refractivity contribution in [2.24, 2.45) is 0 Å². The van der Waals surface area contributed by atoms with Crippen LogP contribution in [0.5, 0.6) is 5.75 Å². The quantitative estimate of drug-likeness (QED) is 0.454. The second kappa shape index (κ2) is 8.40. The zero-order chi connectivity index (χ0) is 23.1. The highest BCUT2D eigenvalue weighted by molar-refractivity contribution is 7.99. The molecule has 0 aliphatic carbocycles. The van der Waals surface area contributed by atoms with Gasteiger partial charge in [-0.3, -0.25) is 14.2 Å². The molecule has 1 aliphatic rings. The van der Waals surface area contributed by atoms with Crippen LogP contribution in [0.4, 0.5) is 5.69 Å². The van der Waals surface area contributed by atoms with Gasteiger partial charge in [-0.1, -0.05) is 30.0 Å². The van der Waals surface area contributed by atoms with Crippen LogP contribution in [0.3, 0.4) is 0 Å². The van der Waals surface area contributed by atoms with Crippen molar-refractivity contribution in [3.63, 3.8) is 0 Å². The van der Waals surface area contributed by atoms with E-state index in [1.165, 1.54) is 17.3 Å². The highest BCUT2D eigenvalue weighted by Crippen LogP contribution is 2.34. The first kappa shape index (κ1) is 21.3. The van der Waals surface area contributed by atoms with E-state index in [9.17, 15) is 9.59 Å². The van der Waals surface area contributed by atoms with Crippen LogP contribution in [-0.2, 0) is 4.79 Å². The predicted molar refractivity (Wildman–Crippen MR) is 129 cm³/mol. The minimum Gasteiger partial charge on any atom is -0.495 e. The highest BCUT2D eigenvalue weighted by atomic mass is 32.2. The average molecular weight is 462 g/mol. The Kier molecular flexibility index (Phi) is 5.41. The Labute approximate surface area is 194 Å². The lowest BCUT2D eigenvalue weighted by Gasteiger charge is -2.14. The monoisotopic (exact) mass is 461 g/mol. The Bertz CT molecular complexity index is 1440. The molecule has 1 amide bonds. The molecule has 0 bridgehead atoms. The molecule has 1 atom stereocenters.